The summed E-state index contributed by atoms with van der Waals surface area (Å²) in [6, 6.07) is 8.04. The fraction of sp³-hybridized carbons (Fsp3) is 0.280. The first-order chi connectivity index (χ1) is 17.5. The summed E-state index contributed by atoms with van der Waals surface area (Å²) in [5, 5.41) is 11.8. The number of fused-ring (bicyclic) bond motifs is 1. The van der Waals surface area contributed by atoms with Crippen LogP contribution in [0.1, 0.15) is 42.7 Å². The van der Waals surface area contributed by atoms with Crippen LogP contribution in [0.5, 0.6) is 11.5 Å². The standard InChI is InChI=1S/C25H22ClF3N4O4/c1-3-4-11-33-23(35)20-19(21(34)14-5-7-15(26)8-6-14)17(13-31-22(20)32(2)24(33)36)37-16-9-10-18(30-12-16)25(27,28)29/h5-10,12-13,21,34H,3-4,11H2,1-2H3. The number of hydrogen-bond acceptors (Lipinski definition) is 6. The van der Waals surface area contributed by atoms with Gasteiger partial charge in [0.15, 0.2) is 5.75 Å². The number of unbranched alkanes of at least 4 members (excludes halogenated alkanes) is 1. The molecule has 3 aromatic heterocycles. The van der Waals surface area contributed by atoms with E-state index in [1.807, 2.05) is 6.92 Å². The van der Waals surface area contributed by atoms with Crippen molar-refractivity contribution >= 4 is 22.6 Å². The third-order valence-electron chi connectivity index (χ3n) is 5.81. The molecule has 4 rings (SSSR count). The minimum atomic E-state index is -4.63. The third kappa shape index (κ3) is 5.23. The minimum Gasteiger partial charge on any atom is -0.454 e. The highest BCUT2D eigenvalue weighted by Crippen LogP contribution is 2.37. The maximum absolute atomic E-state index is 13.6. The van der Waals surface area contributed by atoms with Crippen LogP contribution in [0.25, 0.3) is 11.0 Å². The highest BCUT2D eigenvalue weighted by atomic mass is 35.5. The van der Waals surface area contributed by atoms with Crippen molar-refractivity contribution in [2.75, 3.05) is 0 Å². The quantitative estimate of drug-likeness (QED) is 0.364. The molecule has 0 saturated carbocycles. The van der Waals surface area contributed by atoms with Crippen LogP contribution >= 0.6 is 11.6 Å². The molecule has 0 saturated heterocycles. The molecule has 3 heterocycles. The number of hydrogen-bond donors (Lipinski definition) is 1. The lowest BCUT2D eigenvalue weighted by molar-refractivity contribution is -0.141. The van der Waals surface area contributed by atoms with Crippen molar-refractivity contribution in [3.63, 3.8) is 0 Å². The van der Waals surface area contributed by atoms with Crippen LogP contribution in [0.4, 0.5) is 13.2 Å². The van der Waals surface area contributed by atoms with Crippen LogP contribution in [-0.2, 0) is 19.8 Å². The molecule has 0 radical (unpaired) electrons. The zero-order chi connectivity index (χ0) is 26.9. The van der Waals surface area contributed by atoms with Gasteiger partial charge < -0.3 is 9.84 Å². The van der Waals surface area contributed by atoms with Gasteiger partial charge in [-0.2, -0.15) is 13.2 Å². The van der Waals surface area contributed by atoms with E-state index in [4.69, 9.17) is 16.3 Å². The lowest BCUT2D eigenvalue weighted by Gasteiger charge is -2.20. The minimum absolute atomic E-state index is 0.00179. The molecule has 4 aromatic rings. The van der Waals surface area contributed by atoms with Gasteiger partial charge in [-0.25, -0.2) is 14.8 Å². The first-order valence-corrected chi connectivity index (χ1v) is 11.7. The van der Waals surface area contributed by atoms with Crippen molar-refractivity contribution in [3.8, 4) is 11.5 Å². The largest absolute Gasteiger partial charge is 0.454 e. The Hall–Kier alpha value is -3.70. The number of pyridine rings is 2. The fourth-order valence-corrected chi connectivity index (χ4v) is 4.00. The van der Waals surface area contributed by atoms with E-state index in [0.29, 0.717) is 17.0 Å². The number of rotatable bonds is 7. The Morgan fingerprint density at radius 1 is 1.08 bits per heavy atom. The molecular formula is C25H22ClF3N4O4. The predicted molar refractivity (Wildman–Crippen MR) is 131 cm³/mol. The van der Waals surface area contributed by atoms with E-state index in [2.05, 4.69) is 9.97 Å². The molecule has 1 N–H and O–H groups in total. The Bertz CT molecular complexity index is 1550. The number of benzene rings is 1. The summed E-state index contributed by atoms with van der Waals surface area (Å²) in [7, 11) is 1.46. The van der Waals surface area contributed by atoms with Gasteiger partial charge in [-0.1, -0.05) is 37.1 Å². The highest BCUT2D eigenvalue weighted by Gasteiger charge is 2.32. The Morgan fingerprint density at radius 2 is 1.78 bits per heavy atom. The maximum atomic E-state index is 13.6. The summed E-state index contributed by atoms with van der Waals surface area (Å²) >= 11 is 5.98. The molecule has 37 heavy (non-hydrogen) atoms. The molecule has 0 aliphatic heterocycles. The van der Waals surface area contributed by atoms with Crippen LogP contribution in [0.2, 0.25) is 5.02 Å². The van der Waals surface area contributed by atoms with Crippen molar-refractivity contribution in [3.05, 3.63) is 91.5 Å². The molecule has 8 nitrogen and oxygen atoms in total. The van der Waals surface area contributed by atoms with Gasteiger partial charge >= 0.3 is 11.9 Å². The van der Waals surface area contributed by atoms with E-state index in [1.54, 1.807) is 24.3 Å². The Morgan fingerprint density at radius 3 is 2.38 bits per heavy atom. The molecule has 1 atom stereocenters. The normalized spacial score (nSPS) is 12.6. The Labute approximate surface area is 213 Å². The van der Waals surface area contributed by atoms with Gasteiger partial charge in [-0.05, 0) is 36.2 Å². The molecular weight excluding hydrogens is 513 g/mol. The number of nitrogens with zero attached hydrogens (tertiary/aromatic N) is 4. The molecule has 0 aliphatic rings. The summed E-state index contributed by atoms with van der Waals surface area (Å²) in [5.74, 6) is -0.163. The summed E-state index contributed by atoms with van der Waals surface area (Å²) < 4.78 is 46.8. The number of aryl methyl sites for hydroxylation is 1. The molecule has 194 valence electrons. The Kier molecular flexibility index (Phi) is 7.37. The average molecular weight is 535 g/mol. The van der Waals surface area contributed by atoms with E-state index in [9.17, 15) is 27.9 Å². The molecule has 0 amide bonds. The van der Waals surface area contributed by atoms with Gasteiger partial charge in [0.2, 0.25) is 0 Å². The first kappa shape index (κ1) is 26.4. The van der Waals surface area contributed by atoms with Crippen LogP contribution in [0.15, 0.2) is 58.4 Å². The lowest BCUT2D eigenvalue weighted by atomic mass is 9.98. The number of aliphatic hydroxyl groups excluding tert-OH is 1. The van der Waals surface area contributed by atoms with E-state index >= 15 is 0 Å². The van der Waals surface area contributed by atoms with E-state index in [0.717, 1.165) is 29.3 Å². The summed E-state index contributed by atoms with van der Waals surface area (Å²) in [6.45, 7) is 2.07. The van der Waals surface area contributed by atoms with Gasteiger partial charge in [0, 0.05) is 24.2 Å². The van der Waals surface area contributed by atoms with Crippen LogP contribution in [0, 0.1) is 0 Å². The van der Waals surface area contributed by atoms with E-state index < -0.39 is 29.2 Å². The second-order valence-electron chi connectivity index (χ2n) is 8.32. The smallest absolute Gasteiger partial charge is 0.433 e. The van der Waals surface area contributed by atoms with Gasteiger partial charge in [0.25, 0.3) is 5.56 Å². The molecule has 1 aromatic carbocycles. The number of alkyl halides is 3. The zero-order valence-electron chi connectivity index (χ0n) is 19.8. The van der Waals surface area contributed by atoms with Crippen molar-refractivity contribution in [2.45, 2.75) is 38.6 Å². The third-order valence-corrected chi connectivity index (χ3v) is 6.06. The van der Waals surface area contributed by atoms with Crippen molar-refractivity contribution in [2.24, 2.45) is 7.05 Å². The Balaban J connectivity index is 1.96. The van der Waals surface area contributed by atoms with Crippen LogP contribution < -0.4 is 16.0 Å². The molecule has 0 fully saturated rings. The number of aromatic nitrogens is 4. The SMILES string of the molecule is CCCCn1c(=O)c2c(C(O)c3ccc(Cl)cc3)c(Oc3ccc(C(F)(F)F)nc3)cnc2n(C)c1=O. The second-order valence-corrected chi connectivity index (χ2v) is 8.76. The van der Waals surface area contributed by atoms with Crippen molar-refractivity contribution in [1.29, 1.82) is 0 Å². The summed E-state index contributed by atoms with van der Waals surface area (Å²) in [5.41, 5.74) is -1.96. The molecule has 12 heteroatoms. The van der Waals surface area contributed by atoms with Crippen molar-refractivity contribution < 1.29 is 23.0 Å². The van der Waals surface area contributed by atoms with Gasteiger partial charge in [0.1, 0.15) is 23.2 Å². The number of ether oxygens (including phenoxy) is 1. The van der Waals surface area contributed by atoms with E-state index in [-0.39, 0.29) is 34.6 Å². The molecule has 0 aliphatic carbocycles. The summed E-state index contributed by atoms with van der Waals surface area (Å²) in [4.78, 5) is 34.0. The zero-order valence-corrected chi connectivity index (χ0v) is 20.5. The fourth-order valence-electron chi connectivity index (χ4n) is 3.87. The first-order valence-electron chi connectivity index (χ1n) is 11.3. The highest BCUT2D eigenvalue weighted by molar-refractivity contribution is 6.30. The number of aliphatic hydroxyl groups is 1. The average Bonchev–Trinajstić information content (AvgIpc) is 2.87. The molecule has 0 spiro atoms. The number of halogens is 4. The van der Waals surface area contributed by atoms with Gasteiger partial charge in [-0.15, -0.1) is 0 Å². The van der Waals surface area contributed by atoms with Gasteiger partial charge in [-0.3, -0.25) is 13.9 Å². The van der Waals surface area contributed by atoms with Gasteiger partial charge in [0.05, 0.1) is 17.8 Å². The van der Waals surface area contributed by atoms with E-state index in [1.165, 1.54) is 17.8 Å². The predicted octanol–water partition coefficient (Wildman–Crippen LogP) is 4.84. The monoisotopic (exact) mass is 534 g/mol. The summed E-state index contributed by atoms with van der Waals surface area (Å²) in [6.07, 6.45) is -2.68. The van der Waals surface area contributed by atoms with Crippen molar-refractivity contribution in [1.82, 2.24) is 19.1 Å². The van der Waals surface area contributed by atoms with Crippen LogP contribution in [-0.4, -0.2) is 24.2 Å². The second kappa shape index (κ2) is 10.3. The topological polar surface area (TPSA) is 99.2 Å². The lowest BCUT2D eigenvalue weighted by Crippen LogP contribution is -2.40. The molecule has 1 unspecified atom stereocenters. The maximum Gasteiger partial charge on any atom is 0.433 e. The molecule has 0 bridgehead atoms. The van der Waals surface area contributed by atoms with Crippen LogP contribution in [0.3, 0.4) is 0 Å².